The second kappa shape index (κ2) is 6.64. The molecule has 1 amide bonds. The summed E-state index contributed by atoms with van der Waals surface area (Å²) in [5.74, 6) is -2.61. The smallest absolute Gasteiger partial charge is 0.416 e. The van der Waals surface area contributed by atoms with Crippen LogP contribution in [0.3, 0.4) is 0 Å². The van der Waals surface area contributed by atoms with Crippen molar-refractivity contribution in [2.75, 3.05) is 11.9 Å². The Balaban J connectivity index is 1.98. The lowest BCUT2D eigenvalue weighted by Crippen LogP contribution is -2.21. The lowest BCUT2D eigenvalue weighted by atomic mass is 10.2. The summed E-state index contributed by atoms with van der Waals surface area (Å²) in [5.41, 5.74) is -1.31. The number of alkyl halides is 3. The topological polar surface area (TPSA) is 38.3 Å². The van der Waals surface area contributed by atoms with Crippen LogP contribution in [0.2, 0.25) is 0 Å². The molecule has 0 spiro atoms. The summed E-state index contributed by atoms with van der Waals surface area (Å²) < 4.78 is 68.8. The number of anilines is 1. The molecule has 8 heteroatoms. The SMILES string of the molecule is O=C(COc1cccc(C(F)(F)F)c1)Nc1cc(F)ccc1F. The normalized spacial score (nSPS) is 11.2. The van der Waals surface area contributed by atoms with Gasteiger partial charge in [-0.3, -0.25) is 4.79 Å². The first-order chi connectivity index (χ1) is 10.8. The molecule has 0 aliphatic rings. The molecule has 0 saturated heterocycles. The van der Waals surface area contributed by atoms with Crippen molar-refractivity contribution in [2.45, 2.75) is 6.18 Å². The average Bonchev–Trinajstić information content (AvgIpc) is 2.48. The largest absolute Gasteiger partial charge is 0.484 e. The Kier molecular flexibility index (Phi) is 4.83. The molecule has 0 aliphatic heterocycles. The number of carbonyl (C=O) groups excluding carboxylic acids is 1. The van der Waals surface area contributed by atoms with E-state index in [0.29, 0.717) is 0 Å². The van der Waals surface area contributed by atoms with Crippen molar-refractivity contribution < 1.29 is 31.5 Å². The number of hydrogen-bond acceptors (Lipinski definition) is 2. The van der Waals surface area contributed by atoms with Crippen molar-refractivity contribution in [3.05, 3.63) is 59.7 Å². The molecule has 0 atom stereocenters. The standard InChI is InChI=1S/C15H10F5NO2/c16-10-4-5-12(17)13(7-10)21-14(22)8-23-11-3-1-2-9(6-11)15(18,19)20/h1-7H,8H2,(H,21,22). The number of halogens is 5. The van der Waals surface area contributed by atoms with Crippen molar-refractivity contribution in [2.24, 2.45) is 0 Å². The van der Waals surface area contributed by atoms with E-state index in [-0.39, 0.29) is 11.4 Å². The zero-order chi connectivity index (χ0) is 17.0. The highest BCUT2D eigenvalue weighted by Gasteiger charge is 2.30. The van der Waals surface area contributed by atoms with E-state index in [9.17, 15) is 26.7 Å². The lowest BCUT2D eigenvalue weighted by molar-refractivity contribution is -0.137. The van der Waals surface area contributed by atoms with E-state index in [1.165, 1.54) is 6.07 Å². The monoisotopic (exact) mass is 331 g/mol. The minimum atomic E-state index is -4.54. The molecular formula is C15H10F5NO2. The van der Waals surface area contributed by atoms with Crippen LogP contribution in [0.15, 0.2) is 42.5 Å². The van der Waals surface area contributed by atoms with Gasteiger partial charge in [-0.05, 0) is 30.3 Å². The highest BCUT2D eigenvalue weighted by Crippen LogP contribution is 2.31. The Labute approximate surface area is 127 Å². The Morgan fingerprint density at radius 1 is 1.09 bits per heavy atom. The fourth-order valence-corrected chi connectivity index (χ4v) is 1.69. The summed E-state index contributed by atoms with van der Waals surface area (Å²) >= 11 is 0. The van der Waals surface area contributed by atoms with Gasteiger partial charge in [0.2, 0.25) is 0 Å². The maximum absolute atomic E-state index is 13.3. The summed E-state index contributed by atoms with van der Waals surface area (Å²) in [6.45, 7) is -0.655. The Morgan fingerprint density at radius 2 is 1.83 bits per heavy atom. The van der Waals surface area contributed by atoms with Gasteiger partial charge in [0.05, 0.1) is 11.3 Å². The van der Waals surface area contributed by atoms with Crippen LogP contribution in [-0.2, 0) is 11.0 Å². The van der Waals surface area contributed by atoms with Gasteiger partial charge in [0.1, 0.15) is 17.4 Å². The first kappa shape index (κ1) is 16.7. The summed E-state index contributed by atoms with van der Waals surface area (Å²) in [5, 5.41) is 2.06. The van der Waals surface area contributed by atoms with Crippen molar-refractivity contribution in [3.63, 3.8) is 0 Å². The van der Waals surface area contributed by atoms with Gasteiger partial charge in [0, 0.05) is 6.07 Å². The minimum Gasteiger partial charge on any atom is -0.484 e. The van der Waals surface area contributed by atoms with Gasteiger partial charge >= 0.3 is 6.18 Å². The first-order valence-corrected chi connectivity index (χ1v) is 6.30. The molecule has 2 rings (SSSR count). The van der Waals surface area contributed by atoms with Gasteiger partial charge < -0.3 is 10.1 Å². The lowest BCUT2D eigenvalue weighted by Gasteiger charge is -2.10. The third-order valence-corrected chi connectivity index (χ3v) is 2.73. The molecule has 1 N–H and O–H groups in total. The molecule has 0 fully saturated rings. The Bertz CT molecular complexity index is 715. The van der Waals surface area contributed by atoms with Crippen LogP contribution in [0.25, 0.3) is 0 Å². The fourth-order valence-electron chi connectivity index (χ4n) is 1.69. The Morgan fingerprint density at radius 3 is 2.52 bits per heavy atom. The van der Waals surface area contributed by atoms with Crippen LogP contribution in [-0.4, -0.2) is 12.5 Å². The quantitative estimate of drug-likeness (QED) is 0.860. The molecule has 0 unspecified atom stereocenters. The second-order valence-electron chi connectivity index (χ2n) is 4.49. The molecule has 0 bridgehead atoms. The average molecular weight is 331 g/mol. The van der Waals surface area contributed by atoms with E-state index in [1.807, 2.05) is 0 Å². The molecule has 0 aliphatic carbocycles. The van der Waals surface area contributed by atoms with Gasteiger partial charge in [-0.1, -0.05) is 6.07 Å². The number of amides is 1. The van der Waals surface area contributed by atoms with E-state index in [1.54, 1.807) is 0 Å². The van der Waals surface area contributed by atoms with E-state index in [2.05, 4.69) is 5.32 Å². The van der Waals surface area contributed by atoms with Crippen molar-refractivity contribution in [1.29, 1.82) is 0 Å². The highest BCUT2D eigenvalue weighted by molar-refractivity contribution is 5.92. The molecule has 0 aromatic heterocycles. The molecule has 122 valence electrons. The van der Waals surface area contributed by atoms with Crippen molar-refractivity contribution in [1.82, 2.24) is 0 Å². The van der Waals surface area contributed by atoms with Crippen molar-refractivity contribution >= 4 is 11.6 Å². The fraction of sp³-hybridized carbons (Fsp3) is 0.133. The van der Waals surface area contributed by atoms with Gasteiger partial charge in [-0.25, -0.2) is 8.78 Å². The summed E-state index contributed by atoms with van der Waals surface area (Å²) in [6.07, 6.45) is -4.54. The minimum absolute atomic E-state index is 0.172. The number of carbonyl (C=O) groups is 1. The van der Waals surface area contributed by atoms with E-state index >= 15 is 0 Å². The van der Waals surface area contributed by atoms with Crippen LogP contribution in [0.4, 0.5) is 27.6 Å². The van der Waals surface area contributed by atoms with Gasteiger partial charge in [0.25, 0.3) is 5.91 Å². The van der Waals surface area contributed by atoms with Crippen LogP contribution in [0.1, 0.15) is 5.56 Å². The second-order valence-corrected chi connectivity index (χ2v) is 4.49. The number of rotatable bonds is 4. The number of benzene rings is 2. The predicted octanol–water partition coefficient (Wildman–Crippen LogP) is 4.00. The van der Waals surface area contributed by atoms with Gasteiger partial charge in [-0.15, -0.1) is 0 Å². The molecule has 2 aromatic carbocycles. The molecule has 0 radical (unpaired) electrons. The number of ether oxygens (including phenoxy) is 1. The molecular weight excluding hydrogens is 321 g/mol. The third-order valence-electron chi connectivity index (χ3n) is 2.73. The molecule has 2 aromatic rings. The van der Waals surface area contributed by atoms with Crippen molar-refractivity contribution in [3.8, 4) is 5.75 Å². The zero-order valence-electron chi connectivity index (χ0n) is 11.5. The molecule has 3 nitrogen and oxygen atoms in total. The third kappa shape index (κ3) is 4.67. The highest BCUT2D eigenvalue weighted by atomic mass is 19.4. The van der Waals surface area contributed by atoms with Crippen LogP contribution >= 0.6 is 0 Å². The van der Waals surface area contributed by atoms with Gasteiger partial charge in [-0.2, -0.15) is 13.2 Å². The Hall–Kier alpha value is -2.64. The molecule has 0 saturated carbocycles. The zero-order valence-corrected chi connectivity index (χ0v) is 11.5. The maximum Gasteiger partial charge on any atom is 0.416 e. The summed E-state index contributed by atoms with van der Waals surface area (Å²) in [7, 11) is 0. The van der Waals surface area contributed by atoms with E-state index < -0.39 is 35.9 Å². The number of nitrogens with one attached hydrogen (secondary N) is 1. The van der Waals surface area contributed by atoms with Crippen LogP contribution < -0.4 is 10.1 Å². The summed E-state index contributed by atoms with van der Waals surface area (Å²) in [4.78, 5) is 11.6. The summed E-state index contributed by atoms with van der Waals surface area (Å²) in [6, 6.07) is 6.44. The van der Waals surface area contributed by atoms with Crippen LogP contribution in [0, 0.1) is 11.6 Å². The number of hydrogen-bond donors (Lipinski definition) is 1. The van der Waals surface area contributed by atoms with E-state index in [4.69, 9.17) is 4.74 Å². The van der Waals surface area contributed by atoms with Gasteiger partial charge in [0.15, 0.2) is 6.61 Å². The molecule has 0 heterocycles. The van der Waals surface area contributed by atoms with E-state index in [0.717, 1.165) is 36.4 Å². The molecule has 23 heavy (non-hydrogen) atoms. The predicted molar refractivity (Wildman–Crippen MR) is 71.9 cm³/mol. The maximum atomic E-state index is 13.3. The van der Waals surface area contributed by atoms with Crippen LogP contribution in [0.5, 0.6) is 5.75 Å². The first-order valence-electron chi connectivity index (χ1n) is 6.30.